The fourth-order valence-electron chi connectivity index (χ4n) is 1.67. The summed E-state index contributed by atoms with van der Waals surface area (Å²) in [5, 5.41) is -0.0364. The number of rotatable bonds is 8. The van der Waals surface area contributed by atoms with Crippen molar-refractivity contribution in [2.75, 3.05) is 12.8 Å². The number of hydrogen-bond donors (Lipinski definition) is 2. The van der Waals surface area contributed by atoms with Crippen LogP contribution in [0.5, 0.6) is 0 Å². The zero-order valence-corrected chi connectivity index (χ0v) is 14.5. The Bertz CT molecular complexity index is 629. The highest BCUT2D eigenvalue weighted by molar-refractivity contribution is 7.88. The molecule has 0 fully saturated rings. The summed E-state index contributed by atoms with van der Waals surface area (Å²) in [6.45, 7) is 2.11. The van der Waals surface area contributed by atoms with Gasteiger partial charge in [-0.3, -0.25) is 4.21 Å². The van der Waals surface area contributed by atoms with Gasteiger partial charge in [0, 0.05) is 34.4 Å². The summed E-state index contributed by atoms with van der Waals surface area (Å²) < 4.78 is 37.7. The van der Waals surface area contributed by atoms with E-state index in [2.05, 4.69) is 4.72 Å². The molecule has 0 amide bonds. The smallest absolute Gasteiger partial charge is 0.215 e. The lowest BCUT2D eigenvalue weighted by Crippen LogP contribution is -2.28. The molecule has 118 valence electrons. The van der Waals surface area contributed by atoms with Crippen LogP contribution in [0.3, 0.4) is 0 Å². The third-order valence-electron chi connectivity index (χ3n) is 3.01. The Kier molecular flexibility index (Phi) is 6.92. The number of sulfonamides is 1. The summed E-state index contributed by atoms with van der Waals surface area (Å²) >= 11 is 4.87. The lowest BCUT2D eigenvalue weighted by molar-refractivity contribution is 0.577. The predicted octanol–water partition coefficient (Wildman–Crippen LogP) is 0.897. The van der Waals surface area contributed by atoms with Crippen molar-refractivity contribution in [2.45, 2.75) is 24.3 Å². The second kappa shape index (κ2) is 7.98. The summed E-state index contributed by atoms with van der Waals surface area (Å²) in [6.07, 6.45) is 2.15. The molecule has 8 heteroatoms. The van der Waals surface area contributed by atoms with E-state index < -0.39 is 20.8 Å². The third kappa shape index (κ3) is 6.64. The SMILES string of the molecule is CC(CCNS(=O)(=O)Cc1cccc(C(N)=S)c1)S(C)=O. The Hall–Kier alpha value is -0.830. The largest absolute Gasteiger partial charge is 0.389 e. The summed E-state index contributed by atoms with van der Waals surface area (Å²) in [5.41, 5.74) is 6.80. The Morgan fingerprint density at radius 2 is 2.14 bits per heavy atom. The lowest BCUT2D eigenvalue weighted by Gasteiger charge is -2.10. The molecule has 0 saturated heterocycles. The van der Waals surface area contributed by atoms with Crippen molar-refractivity contribution in [1.29, 1.82) is 0 Å². The summed E-state index contributed by atoms with van der Waals surface area (Å²) in [6, 6.07) is 6.85. The monoisotopic (exact) mass is 348 g/mol. The van der Waals surface area contributed by atoms with Crippen molar-refractivity contribution in [3.05, 3.63) is 35.4 Å². The molecule has 0 bridgehead atoms. The predicted molar refractivity (Wildman–Crippen MR) is 91.1 cm³/mol. The van der Waals surface area contributed by atoms with E-state index in [4.69, 9.17) is 18.0 Å². The maximum absolute atomic E-state index is 12.0. The van der Waals surface area contributed by atoms with Crippen LogP contribution < -0.4 is 10.5 Å². The molecule has 0 aliphatic rings. The normalized spacial score (nSPS) is 14.6. The fraction of sp³-hybridized carbons (Fsp3) is 0.462. The number of hydrogen-bond acceptors (Lipinski definition) is 4. The number of nitrogens with one attached hydrogen (secondary N) is 1. The van der Waals surface area contributed by atoms with Gasteiger partial charge in [-0.15, -0.1) is 0 Å². The van der Waals surface area contributed by atoms with Crippen molar-refractivity contribution < 1.29 is 12.6 Å². The standard InChI is InChI=1S/C13H20N2O3S3/c1-10(20(2)16)6-7-15-21(17,18)9-11-4-3-5-12(8-11)13(14)19/h3-5,8,10,15H,6-7,9H2,1-2H3,(H2,14,19). The van der Waals surface area contributed by atoms with E-state index >= 15 is 0 Å². The molecule has 0 heterocycles. The molecule has 0 aromatic heterocycles. The molecule has 1 aromatic rings. The molecule has 3 N–H and O–H groups in total. The molecular weight excluding hydrogens is 328 g/mol. The van der Waals surface area contributed by atoms with Gasteiger partial charge in [0.05, 0.1) is 5.75 Å². The van der Waals surface area contributed by atoms with Gasteiger partial charge in [0.25, 0.3) is 0 Å². The first kappa shape index (κ1) is 18.2. The topological polar surface area (TPSA) is 89.3 Å². The van der Waals surface area contributed by atoms with Gasteiger partial charge in [-0.2, -0.15) is 0 Å². The van der Waals surface area contributed by atoms with Crippen molar-refractivity contribution in [3.8, 4) is 0 Å². The van der Waals surface area contributed by atoms with Crippen LogP contribution in [0.25, 0.3) is 0 Å². The number of benzene rings is 1. The van der Waals surface area contributed by atoms with E-state index in [1.165, 1.54) is 0 Å². The average Bonchev–Trinajstić information content (AvgIpc) is 2.37. The van der Waals surface area contributed by atoms with E-state index in [1.807, 2.05) is 6.92 Å². The molecule has 0 aliphatic carbocycles. The molecular formula is C13H20N2O3S3. The molecule has 21 heavy (non-hydrogen) atoms. The highest BCUT2D eigenvalue weighted by Crippen LogP contribution is 2.09. The Balaban J connectivity index is 2.62. The Morgan fingerprint density at radius 1 is 1.48 bits per heavy atom. The quantitative estimate of drug-likeness (QED) is 0.681. The van der Waals surface area contributed by atoms with Crippen LogP contribution in [0.1, 0.15) is 24.5 Å². The summed E-state index contributed by atoms with van der Waals surface area (Å²) in [4.78, 5) is 0.237. The van der Waals surface area contributed by atoms with Crippen LogP contribution >= 0.6 is 12.2 Å². The van der Waals surface area contributed by atoms with E-state index in [1.54, 1.807) is 30.5 Å². The maximum Gasteiger partial charge on any atom is 0.215 e. The first-order chi connectivity index (χ1) is 9.71. The summed E-state index contributed by atoms with van der Waals surface area (Å²) in [7, 11) is -4.38. The zero-order valence-electron chi connectivity index (χ0n) is 12.0. The van der Waals surface area contributed by atoms with Gasteiger partial charge in [-0.25, -0.2) is 13.1 Å². The van der Waals surface area contributed by atoms with E-state index in [0.29, 0.717) is 17.5 Å². The van der Waals surface area contributed by atoms with E-state index in [-0.39, 0.29) is 22.5 Å². The zero-order chi connectivity index (χ0) is 16.0. The molecule has 5 nitrogen and oxygen atoms in total. The minimum Gasteiger partial charge on any atom is -0.389 e. The van der Waals surface area contributed by atoms with Gasteiger partial charge in [-0.05, 0) is 18.1 Å². The van der Waals surface area contributed by atoms with Crippen molar-refractivity contribution in [1.82, 2.24) is 4.72 Å². The van der Waals surface area contributed by atoms with Gasteiger partial charge < -0.3 is 5.73 Å². The maximum atomic E-state index is 12.0. The molecule has 0 radical (unpaired) electrons. The average molecular weight is 349 g/mol. The molecule has 0 saturated carbocycles. The Labute approximate surface area is 133 Å². The van der Waals surface area contributed by atoms with Gasteiger partial charge in [0.1, 0.15) is 4.99 Å². The highest BCUT2D eigenvalue weighted by Gasteiger charge is 2.13. The van der Waals surface area contributed by atoms with Crippen LogP contribution in [-0.2, 0) is 26.6 Å². The highest BCUT2D eigenvalue weighted by atomic mass is 32.2. The van der Waals surface area contributed by atoms with Crippen LogP contribution in [0.15, 0.2) is 24.3 Å². The van der Waals surface area contributed by atoms with Crippen LogP contribution in [0.2, 0.25) is 0 Å². The van der Waals surface area contributed by atoms with Crippen molar-refractivity contribution in [3.63, 3.8) is 0 Å². The van der Waals surface area contributed by atoms with Crippen molar-refractivity contribution in [2.24, 2.45) is 5.73 Å². The molecule has 2 atom stereocenters. The van der Waals surface area contributed by atoms with E-state index in [0.717, 1.165) is 0 Å². The molecule has 1 rings (SSSR count). The molecule has 1 aromatic carbocycles. The molecule has 2 unspecified atom stereocenters. The minimum absolute atomic E-state index is 0.0364. The van der Waals surface area contributed by atoms with Crippen LogP contribution in [-0.4, -0.2) is 35.7 Å². The first-order valence-corrected chi connectivity index (χ1v) is 10.1. The van der Waals surface area contributed by atoms with Gasteiger partial charge in [0.2, 0.25) is 10.0 Å². The first-order valence-electron chi connectivity index (χ1n) is 6.39. The van der Waals surface area contributed by atoms with Crippen LogP contribution in [0, 0.1) is 0 Å². The fourth-order valence-corrected chi connectivity index (χ4v) is 3.39. The third-order valence-corrected chi connectivity index (χ3v) is 5.97. The van der Waals surface area contributed by atoms with Crippen LogP contribution in [0.4, 0.5) is 0 Å². The second-order valence-electron chi connectivity index (χ2n) is 4.82. The van der Waals surface area contributed by atoms with Gasteiger partial charge in [-0.1, -0.05) is 37.3 Å². The molecule has 0 aliphatic heterocycles. The number of thiocarbonyl (C=S) groups is 1. The molecule has 0 spiro atoms. The lowest BCUT2D eigenvalue weighted by atomic mass is 10.1. The van der Waals surface area contributed by atoms with Crippen molar-refractivity contribution >= 4 is 38.0 Å². The van der Waals surface area contributed by atoms with Gasteiger partial charge in [0.15, 0.2) is 0 Å². The number of nitrogens with two attached hydrogens (primary N) is 1. The van der Waals surface area contributed by atoms with Gasteiger partial charge >= 0.3 is 0 Å². The summed E-state index contributed by atoms with van der Waals surface area (Å²) in [5.74, 6) is -0.132. The van der Waals surface area contributed by atoms with E-state index in [9.17, 15) is 12.6 Å². The second-order valence-corrected chi connectivity index (χ2v) is 8.86. The minimum atomic E-state index is -3.43. The Morgan fingerprint density at radius 3 is 2.71 bits per heavy atom.